The highest BCUT2D eigenvalue weighted by Gasteiger charge is 2.13. The Bertz CT molecular complexity index is 1150. The summed E-state index contributed by atoms with van der Waals surface area (Å²) in [6, 6.07) is 17.2. The second kappa shape index (κ2) is 9.73. The van der Waals surface area contributed by atoms with Crippen LogP contribution in [0.5, 0.6) is 11.5 Å². The molecule has 7 heteroatoms. The lowest BCUT2D eigenvalue weighted by Crippen LogP contribution is -2.25. The maximum absolute atomic E-state index is 12.4. The predicted octanol–water partition coefficient (Wildman–Crippen LogP) is 4.90. The van der Waals surface area contributed by atoms with E-state index in [2.05, 4.69) is 20.4 Å². The van der Waals surface area contributed by atoms with Crippen molar-refractivity contribution in [2.24, 2.45) is 0 Å². The Kier molecular flexibility index (Phi) is 6.19. The van der Waals surface area contributed by atoms with E-state index in [-0.39, 0.29) is 12.7 Å². The highest BCUT2D eigenvalue weighted by atomic mass is 16.7. The van der Waals surface area contributed by atoms with Crippen LogP contribution in [0.4, 0.5) is 11.5 Å². The van der Waals surface area contributed by atoms with Gasteiger partial charge in [0.1, 0.15) is 0 Å². The molecule has 0 bridgehead atoms. The van der Waals surface area contributed by atoms with Crippen molar-refractivity contribution < 1.29 is 14.3 Å². The van der Waals surface area contributed by atoms with Crippen LogP contribution in [0.2, 0.25) is 0 Å². The number of carbonyl (C=O) groups is 1. The number of nitrogens with zero attached hydrogens (tertiary/aromatic N) is 3. The summed E-state index contributed by atoms with van der Waals surface area (Å²) in [6.45, 7) is 2.30. The van der Waals surface area contributed by atoms with Crippen molar-refractivity contribution in [1.29, 1.82) is 0 Å². The van der Waals surface area contributed by atoms with Gasteiger partial charge >= 0.3 is 0 Å². The largest absolute Gasteiger partial charge is 0.454 e. The second-order valence-electron chi connectivity index (χ2n) is 8.19. The van der Waals surface area contributed by atoms with Crippen LogP contribution in [0.3, 0.4) is 0 Å². The zero-order valence-electron chi connectivity index (χ0n) is 18.4. The van der Waals surface area contributed by atoms with Crippen molar-refractivity contribution in [3.05, 3.63) is 66.2 Å². The molecule has 33 heavy (non-hydrogen) atoms. The van der Waals surface area contributed by atoms with Crippen molar-refractivity contribution in [1.82, 2.24) is 10.2 Å². The van der Waals surface area contributed by atoms with Crippen LogP contribution in [0.25, 0.3) is 17.3 Å². The van der Waals surface area contributed by atoms with Crippen molar-refractivity contribution >= 4 is 23.5 Å². The first-order valence-electron chi connectivity index (χ1n) is 11.3. The van der Waals surface area contributed by atoms with E-state index in [4.69, 9.17) is 9.47 Å². The van der Waals surface area contributed by atoms with Gasteiger partial charge in [0.2, 0.25) is 12.7 Å². The number of hydrogen-bond acceptors (Lipinski definition) is 6. The molecule has 5 rings (SSSR count). The molecule has 0 saturated carbocycles. The van der Waals surface area contributed by atoms with Gasteiger partial charge in [0, 0.05) is 30.4 Å². The molecule has 2 aromatic carbocycles. The van der Waals surface area contributed by atoms with Gasteiger partial charge in [-0.05, 0) is 60.9 Å². The van der Waals surface area contributed by atoms with Gasteiger partial charge in [-0.2, -0.15) is 0 Å². The molecule has 0 unspecified atom stereocenters. The van der Waals surface area contributed by atoms with Crippen molar-refractivity contribution in [3.63, 3.8) is 0 Å². The van der Waals surface area contributed by atoms with Crippen LogP contribution in [-0.4, -0.2) is 36.0 Å². The maximum Gasteiger partial charge on any atom is 0.248 e. The third kappa shape index (κ3) is 5.14. The minimum atomic E-state index is -0.215. The number of hydrogen-bond donors (Lipinski definition) is 1. The van der Waals surface area contributed by atoms with E-state index in [1.807, 2.05) is 54.6 Å². The number of aromatic nitrogens is 2. The zero-order chi connectivity index (χ0) is 22.5. The molecule has 0 aliphatic carbocycles. The molecule has 1 aromatic heterocycles. The normalized spacial score (nSPS) is 15.5. The monoisotopic (exact) mass is 442 g/mol. The number of amides is 1. The molecule has 2 aliphatic rings. The molecule has 2 aliphatic heterocycles. The van der Waals surface area contributed by atoms with E-state index in [1.54, 1.807) is 6.08 Å². The Morgan fingerprint density at radius 2 is 1.76 bits per heavy atom. The van der Waals surface area contributed by atoms with E-state index in [1.165, 1.54) is 31.8 Å². The molecular weight excluding hydrogens is 416 g/mol. The number of anilines is 2. The summed E-state index contributed by atoms with van der Waals surface area (Å²) >= 11 is 0. The minimum absolute atomic E-state index is 0.215. The Hall–Kier alpha value is -3.87. The first-order valence-corrected chi connectivity index (χ1v) is 11.3. The highest BCUT2D eigenvalue weighted by Crippen LogP contribution is 2.32. The van der Waals surface area contributed by atoms with Crippen LogP contribution in [-0.2, 0) is 4.79 Å². The van der Waals surface area contributed by atoms with Gasteiger partial charge < -0.3 is 19.7 Å². The molecule has 1 saturated heterocycles. The van der Waals surface area contributed by atoms with Crippen LogP contribution in [0.1, 0.15) is 31.2 Å². The van der Waals surface area contributed by atoms with Crippen LogP contribution >= 0.6 is 0 Å². The van der Waals surface area contributed by atoms with E-state index >= 15 is 0 Å². The molecular formula is C26H26N4O3. The molecule has 3 aromatic rings. The maximum atomic E-state index is 12.4. The quantitative estimate of drug-likeness (QED) is 0.566. The van der Waals surface area contributed by atoms with Gasteiger partial charge in [-0.3, -0.25) is 4.79 Å². The lowest BCUT2D eigenvalue weighted by Gasteiger charge is -2.20. The summed E-state index contributed by atoms with van der Waals surface area (Å²) < 4.78 is 10.7. The first kappa shape index (κ1) is 21.0. The highest BCUT2D eigenvalue weighted by molar-refractivity contribution is 6.02. The van der Waals surface area contributed by atoms with Crippen molar-refractivity contribution in [3.8, 4) is 22.8 Å². The van der Waals surface area contributed by atoms with Crippen LogP contribution < -0.4 is 19.7 Å². The summed E-state index contributed by atoms with van der Waals surface area (Å²) in [7, 11) is 0. The third-order valence-corrected chi connectivity index (χ3v) is 5.83. The Labute approximate surface area is 193 Å². The molecule has 0 atom stereocenters. The minimum Gasteiger partial charge on any atom is -0.454 e. The number of ether oxygens (including phenoxy) is 2. The fourth-order valence-electron chi connectivity index (χ4n) is 4.08. The predicted molar refractivity (Wildman–Crippen MR) is 128 cm³/mol. The Balaban J connectivity index is 1.23. The fourth-order valence-corrected chi connectivity index (χ4v) is 4.08. The number of carbonyl (C=O) groups excluding carboxylic acids is 1. The molecule has 168 valence electrons. The molecule has 1 amide bonds. The van der Waals surface area contributed by atoms with Crippen LogP contribution in [0.15, 0.2) is 60.7 Å². The molecule has 1 fully saturated rings. The summed E-state index contributed by atoms with van der Waals surface area (Å²) in [6.07, 6.45) is 8.22. The Morgan fingerprint density at radius 3 is 2.58 bits per heavy atom. The SMILES string of the molecule is O=C(/C=C/c1ccc2c(c1)OCO2)Nc1cccc(-c2ccc(N3CCCCCC3)nn2)c1. The van der Waals surface area contributed by atoms with Gasteiger partial charge in [-0.15, -0.1) is 10.2 Å². The van der Waals surface area contributed by atoms with E-state index < -0.39 is 0 Å². The third-order valence-electron chi connectivity index (χ3n) is 5.83. The van der Waals surface area contributed by atoms with Crippen molar-refractivity contribution in [2.45, 2.75) is 25.7 Å². The summed E-state index contributed by atoms with van der Waals surface area (Å²) in [5.74, 6) is 2.12. The second-order valence-corrected chi connectivity index (χ2v) is 8.19. The van der Waals surface area contributed by atoms with E-state index in [0.29, 0.717) is 11.4 Å². The Morgan fingerprint density at radius 1 is 0.909 bits per heavy atom. The molecule has 0 spiro atoms. The van der Waals surface area contributed by atoms with E-state index in [0.717, 1.165) is 41.5 Å². The fraction of sp³-hybridized carbons (Fsp3) is 0.269. The lowest BCUT2D eigenvalue weighted by molar-refractivity contribution is -0.111. The van der Waals surface area contributed by atoms with Gasteiger partial charge in [0.05, 0.1) is 5.69 Å². The molecule has 7 nitrogen and oxygen atoms in total. The van der Waals surface area contributed by atoms with Gasteiger partial charge in [-0.25, -0.2) is 0 Å². The van der Waals surface area contributed by atoms with Crippen LogP contribution in [0, 0.1) is 0 Å². The number of fused-ring (bicyclic) bond motifs is 1. The summed E-state index contributed by atoms with van der Waals surface area (Å²) in [5.41, 5.74) is 3.25. The van der Waals surface area contributed by atoms with Gasteiger partial charge in [-0.1, -0.05) is 31.0 Å². The summed E-state index contributed by atoms with van der Waals surface area (Å²) in [4.78, 5) is 14.7. The van der Waals surface area contributed by atoms with E-state index in [9.17, 15) is 4.79 Å². The smallest absolute Gasteiger partial charge is 0.248 e. The van der Waals surface area contributed by atoms with Gasteiger partial charge in [0.15, 0.2) is 17.3 Å². The number of nitrogens with one attached hydrogen (secondary N) is 1. The number of rotatable bonds is 5. The van der Waals surface area contributed by atoms with Gasteiger partial charge in [0.25, 0.3) is 0 Å². The molecule has 0 radical (unpaired) electrons. The van der Waals surface area contributed by atoms with Crippen molar-refractivity contribution in [2.75, 3.05) is 30.1 Å². The summed E-state index contributed by atoms with van der Waals surface area (Å²) in [5, 5.41) is 11.8. The lowest BCUT2D eigenvalue weighted by atomic mass is 10.1. The topological polar surface area (TPSA) is 76.6 Å². The number of benzene rings is 2. The zero-order valence-corrected chi connectivity index (χ0v) is 18.4. The average Bonchev–Trinajstić information content (AvgIpc) is 3.15. The average molecular weight is 443 g/mol. The molecule has 1 N–H and O–H groups in total. The first-order chi connectivity index (χ1) is 16.2. The molecule has 3 heterocycles. The standard InChI is InChI=1S/C26H26N4O3/c31-26(13-9-19-8-11-23-24(16-19)33-18-32-23)27-21-7-5-6-20(17-21)22-10-12-25(29-28-22)30-14-3-1-2-4-15-30/h5-13,16-17H,1-4,14-15,18H2,(H,27,31)/b13-9+.